The molecule has 1 aromatic carbocycles. The van der Waals surface area contributed by atoms with Crippen LogP contribution in [0.2, 0.25) is 0 Å². The van der Waals surface area contributed by atoms with E-state index in [4.69, 9.17) is 10.5 Å². The molecular weight excluding hydrogens is 232 g/mol. The van der Waals surface area contributed by atoms with Gasteiger partial charge in [-0.05, 0) is 24.3 Å². The van der Waals surface area contributed by atoms with Gasteiger partial charge in [0.05, 0.1) is 12.5 Å². The normalized spacial score (nSPS) is 10.1. The summed E-state index contributed by atoms with van der Waals surface area (Å²) < 4.78 is 5.33. The first-order valence-electron chi connectivity index (χ1n) is 5.52. The summed E-state index contributed by atoms with van der Waals surface area (Å²) in [5.74, 6) is 0.489. The van der Waals surface area contributed by atoms with Gasteiger partial charge < -0.3 is 20.8 Å². The van der Waals surface area contributed by atoms with E-state index in [1.165, 1.54) is 12.5 Å². The first-order valence-corrected chi connectivity index (χ1v) is 5.52. The third kappa shape index (κ3) is 3.08. The average Bonchev–Trinajstić information content (AvgIpc) is 2.92. The number of nitrogens with one attached hydrogen (secondary N) is 2. The Kier molecular flexibility index (Phi) is 3.93. The van der Waals surface area contributed by atoms with Gasteiger partial charge in [0.15, 0.2) is 0 Å². The average molecular weight is 246 g/mol. The van der Waals surface area contributed by atoms with Gasteiger partial charge in [-0.2, -0.15) is 0 Å². The molecule has 1 heterocycles. The molecule has 0 fully saturated rings. The van der Waals surface area contributed by atoms with Gasteiger partial charge in [0.1, 0.15) is 18.1 Å². The van der Waals surface area contributed by atoms with Crippen LogP contribution in [0.25, 0.3) is 0 Å². The predicted molar refractivity (Wildman–Crippen MR) is 67.5 cm³/mol. The Bertz CT molecular complexity index is 493. The Morgan fingerprint density at radius 3 is 2.78 bits per heavy atom. The number of carbonyl (C=O) groups is 1. The number of aromatic amines is 1. The van der Waals surface area contributed by atoms with Crippen molar-refractivity contribution in [3.05, 3.63) is 42.5 Å². The summed E-state index contributed by atoms with van der Waals surface area (Å²) in [6.45, 7) is 0.943. The van der Waals surface area contributed by atoms with Gasteiger partial charge >= 0.3 is 0 Å². The number of nitrogens with zero attached hydrogens (tertiary/aromatic N) is 1. The van der Waals surface area contributed by atoms with Gasteiger partial charge in [-0.1, -0.05) is 0 Å². The smallest absolute Gasteiger partial charge is 0.273 e. The third-order valence-electron chi connectivity index (χ3n) is 2.24. The molecule has 0 aliphatic rings. The maximum Gasteiger partial charge on any atom is 0.273 e. The van der Waals surface area contributed by atoms with Crippen molar-refractivity contribution in [1.29, 1.82) is 0 Å². The van der Waals surface area contributed by atoms with Crippen molar-refractivity contribution in [3.8, 4) is 5.75 Å². The van der Waals surface area contributed by atoms with Crippen LogP contribution in [-0.4, -0.2) is 29.0 Å². The Labute approximate surface area is 104 Å². The third-order valence-corrected chi connectivity index (χ3v) is 2.24. The minimum atomic E-state index is -0.233. The number of ether oxygens (including phenoxy) is 1. The van der Waals surface area contributed by atoms with Crippen molar-refractivity contribution in [2.24, 2.45) is 5.73 Å². The number of anilines is 1. The van der Waals surface area contributed by atoms with E-state index >= 15 is 0 Å². The number of imidazole rings is 1. The molecule has 0 atom stereocenters. The SMILES string of the molecule is NCCOc1ccc(NC(=O)c2cnc[nH]2)cc1. The molecule has 0 saturated carbocycles. The van der Waals surface area contributed by atoms with Crippen LogP contribution in [0.3, 0.4) is 0 Å². The van der Waals surface area contributed by atoms with Crippen LogP contribution in [0, 0.1) is 0 Å². The molecule has 0 aliphatic heterocycles. The number of aromatic nitrogens is 2. The van der Waals surface area contributed by atoms with Crippen molar-refractivity contribution in [1.82, 2.24) is 9.97 Å². The fourth-order valence-corrected chi connectivity index (χ4v) is 1.39. The number of carbonyl (C=O) groups excluding carboxylic acids is 1. The van der Waals surface area contributed by atoms with Crippen LogP contribution in [0.1, 0.15) is 10.5 Å². The van der Waals surface area contributed by atoms with Gasteiger partial charge in [-0.25, -0.2) is 4.98 Å². The number of hydrogen-bond donors (Lipinski definition) is 3. The number of nitrogens with two attached hydrogens (primary N) is 1. The van der Waals surface area contributed by atoms with Crippen molar-refractivity contribution in [2.45, 2.75) is 0 Å². The summed E-state index contributed by atoms with van der Waals surface area (Å²) in [7, 11) is 0. The molecule has 0 spiro atoms. The lowest BCUT2D eigenvalue weighted by atomic mass is 10.3. The van der Waals surface area contributed by atoms with Crippen molar-refractivity contribution in [3.63, 3.8) is 0 Å². The maximum absolute atomic E-state index is 11.7. The molecule has 1 aromatic heterocycles. The highest BCUT2D eigenvalue weighted by molar-refractivity contribution is 6.02. The highest BCUT2D eigenvalue weighted by Gasteiger charge is 2.06. The summed E-state index contributed by atoms with van der Waals surface area (Å²) in [6, 6.07) is 7.08. The van der Waals surface area contributed by atoms with Crippen LogP contribution in [0.15, 0.2) is 36.8 Å². The van der Waals surface area contributed by atoms with Crippen LogP contribution in [0.4, 0.5) is 5.69 Å². The highest BCUT2D eigenvalue weighted by Crippen LogP contribution is 2.15. The monoisotopic (exact) mass is 246 g/mol. The van der Waals surface area contributed by atoms with Gasteiger partial charge in [0.25, 0.3) is 5.91 Å². The fraction of sp³-hybridized carbons (Fsp3) is 0.167. The molecule has 2 aromatic rings. The van der Waals surface area contributed by atoms with Gasteiger partial charge in [-0.3, -0.25) is 4.79 Å². The summed E-state index contributed by atoms with van der Waals surface area (Å²) in [5, 5.41) is 2.74. The minimum absolute atomic E-state index is 0.233. The molecule has 0 radical (unpaired) electrons. The lowest BCUT2D eigenvalue weighted by Crippen LogP contribution is -2.12. The standard InChI is InChI=1S/C12H14N4O2/c13-5-6-18-10-3-1-9(2-4-10)16-12(17)11-7-14-8-15-11/h1-4,7-8H,5-6,13H2,(H,14,15)(H,16,17). The largest absolute Gasteiger partial charge is 0.492 e. The Morgan fingerprint density at radius 1 is 1.39 bits per heavy atom. The Balaban J connectivity index is 1.96. The number of rotatable bonds is 5. The second kappa shape index (κ2) is 5.83. The predicted octanol–water partition coefficient (Wildman–Crippen LogP) is 0.999. The van der Waals surface area contributed by atoms with E-state index in [1.807, 2.05) is 0 Å². The van der Waals surface area contributed by atoms with Crippen molar-refractivity contribution in [2.75, 3.05) is 18.5 Å². The lowest BCUT2D eigenvalue weighted by molar-refractivity contribution is 0.102. The van der Waals surface area contributed by atoms with Crippen LogP contribution < -0.4 is 15.8 Å². The molecule has 18 heavy (non-hydrogen) atoms. The van der Waals surface area contributed by atoms with E-state index in [0.29, 0.717) is 24.5 Å². The summed E-state index contributed by atoms with van der Waals surface area (Å²) in [6.07, 6.45) is 2.92. The summed E-state index contributed by atoms with van der Waals surface area (Å²) >= 11 is 0. The number of hydrogen-bond acceptors (Lipinski definition) is 4. The molecule has 2 rings (SSSR count). The Morgan fingerprint density at radius 2 is 2.17 bits per heavy atom. The summed E-state index contributed by atoms with van der Waals surface area (Å²) in [5.41, 5.74) is 6.44. The Hall–Kier alpha value is -2.34. The number of amides is 1. The van der Waals surface area contributed by atoms with E-state index in [2.05, 4.69) is 15.3 Å². The van der Waals surface area contributed by atoms with Crippen LogP contribution in [-0.2, 0) is 0 Å². The molecule has 0 aliphatic carbocycles. The molecule has 1 amide bonds. The second-order valence-corrected chi connectivity index (χ2v) is 3.58. The van der Waals surface area contributed by atoms with Gasteiger partial charge in [0, 0.05) is 12.2 Å². The quantitative estimate of drug-likeness (QED) is 0.733. The molecule has 94 valence electrons. The first-order chi connectivity index (χ1) is 8.79. The highest BCUT2D eigenvalue weighted by atomic mass is 16.5. The second-order valence-electron chi connectivity index (χ2n) is 3.58. The van der Waals surface area contributed by atoms with Gasteiger partial charge in [0.2, 0.25) is 0 Å². The minimum Gasteiger partial charge on any atom is -0.492 e. The zero-order chi connectivity index (χ0) is 12.8. The van der Waals surface area contributed by atoms with E-state index in [9.17, 15) is 4.79 Å². The molecular formula is C12H14N4O2. The molecule has 0 unspecified atom stereocenters. The molecule has 0 saturated heterocycles. The van der Waals surface area contributed by atoms with Crippen molar-refractivity contribution < 1.29 is 9.53 Å². The molecule has 0 bridgehead atoms. The van der Waals surface area contributed by atoms with E-state index < -0.39 is 0 Å². The van der Waals surface area contributed by atoms with Crippen LogP contribution in [0.5, 0.6) is 5.75 Å². The van der Waals surface area contributed by atoms with E-state index in [1.54, 1.807) is 24.3 Å². The topological polar surface area (TPSA) is 93.0 Å². The zero-order valence-corrected chi connectivity index (χ0v) is 9.72. The molecule has 6 nitrogen and oxygen atoms in total. The first kappa shape index (κ1) is 12.1. The molecule has 6 heteroatoms. The van der Waals surface area contributed by atoms with Crippen molar-refractivity contribution >= 4 is 11.6 Å². The fourth-order valence-electron chi connectivity index (χ4n) is 1.39. The van der Waals surface area contributed by atoms with Gasteiger partial charge in [-0.15, -0.1) is 0 Å². The van der Waals surface area contributed by atoms with E-state index in [0.717, 1.165) is 5.75 Å². The zero-order valence-electron chi connectivity index (χ0n) is 9.72. The summed E-state index contributed by atoms with van der Waals surface area (Å²) in [4.78, 5) is 18.2. The lowest BCUT2D eigenvalue weighted by Gasteiger charge is -2.06. The van der Waals surface area contributed by atoms with Crippen LogP contribution >= 0.6 is 0 Å². The van der Waals surface area contributed by atoms with E-state index in [-0.39, 0.29) is 5.91 Å². The molecule has 4 N–H and O–H groups in total. The number of benzene rings is 1. The maximum atomic E-state index is 11.7. The number of H-pyrrole nitrogens is 1.